The molecule has 0 bridgehead atoms. The molecule has 1 aliphatic rings. The Morgan fingerprint density at radius 1 is 0.767 bits per heavy atom. The van der Waals surface area contributed by atoms with Crippen LogP contribution >= 0.6 is 0 Å². The Morgan fingerprint density at radius 3 is 2.57 bits per heavy atom. The van der Waals surface area contributed by atoms with Gasteiger partial charge >= 0.3 is 0 Å². The minimum Gasteiger partial charge on any atom is -0.436 e. The summed E-state index contributed by atoms with van der Waals surface area (Å²) in [5.74, 6) is 0.532. The van der Waals surface area contributed by atoms with Crippen LogP contribution in [0, 0.1) is 0 Å². The zero-order valence-electron chi connectivity index (χ0n) is 15.7. The number of oxazole rings is 1. The number of carbonyl (C=O) groups is 1. The molecule has 6 aromatic rings. The van der Waals surface area contributed by atoms with E-state index in [9.17, 15) is 4.79 Å². The van der Waals surface area contributed by atoms with Crippen molar-refractivity contribution in [2.24, 2.45) is 0 Å². The van der Waals surface area contributed by atoms with Gasteiger partial charge in [0.15, 0.2) is 5.58 Å². The number of carbonyl (C=O) groups excluding carboxylic acids is 1. The maximum Gasteiger partial charge on any atom is 0.227 e. The highest BCUT2D eigenvalue weighted by Crippen LogP contribution is 2.42. The number of pyridine rings is 1. The van der Waals surface area contributed by atoms with Gasteiger partial charge in [-0.25, -0.2) is 9.97 Å². The van der Waals surface area contributed by atoms with Crippen LogP contribution < -0.4 is 0 Å². The third-order valence-electron chi connectivity index (χ3n) is 5.81. The van der Waals surface area contributed by atoms with E-state index < -0.39 is 0 Å². The quantitative estimate of drug-likeness (QED) is 0.373. The lowest BCUT2D eigenvalue weighted by atomic mass is 9.86. The van der Waals surface area contributed by atoms with E-state index in [1.54, 1.807) is 0 Å². The Balaban J connectivity index is 1.58. The van der Waals surface area contributed by atoms with Crippen LogP contribution in [0.1, 0.15) is 16.1 Å². The largest absolute Gasteiger partial charge is 0.436 e. The first-order valence-corrected chi connectivity index (χ1v) is 9.73. The van der Waals surface area contributed by atoms with Crippen molar-refractivity contribution in [3.63, 3.8) is 0 Å². The molecule has 0 radical (unpaired) electrons. The molecular formula is C25H13N3O2. The standard InChI is InChI=1S/C25H13N3O2/c29-24-17-7-5-6-14-15(25-26-18-8-1-2-9-19(18)30-25)11-12-16(21(14)17)22-23(24)28-13-4-3-10-20(28)27-22/h1-13H. The number of aromatic nitrogens is 3. The number of para-hydroxylation sites is 2. The summed E-state index contributed by atoms with van der Waals surface area (Å²) in [6.45, 7) is 0. The minimum absolute atomic E-state index is 0.0171. The lowest BCUT2D eigenvalue weighted by Gasteiger charge is -2.17. The number of imidazole rings is 1. The fourth-order valence-corrected chi connectivity index (χ4v) is 4.50. The van der Waals surface area contributed by atoms with Crippen molar-refractivity contribution in [1.82, 2.24) is 14.4 Å². The summed E-state index contributed by atoms with van der Waals surface area (Å²) in [4.78, 5) is 22.9. The fraction of sp³-hybridized carbons (Fsp3) is 0. The molecule has 0 saturated carbocycles. The van der Waals surface area contributed by atoms with Gasteiger partial charge in [0, 0.05) is 28.3 Å². The molecule has 0 atom stereocenters. The maximum absolute atomic E-state index is 13.5. The highest BCUT2D eigenvalue weighted by atomic mass is 16.3. The van der Waals surface area contributed by atoms with Crippen molar-refractivity contribution in [2.75, 3.05) is 0 Å². The second-order valence-electron chi connectivity index (χ2n) is 7.44. The van der Waals surface area contributed by atoms with Crippen LogP contribution in [-0.2, 0) is 0 Å². The van der Waals surface area contributed by atoms with Gasteiger partial charge in [-0.2, -0.15) is 0 Å². The van der Waals surface area contributed by atoms with E-state index in [4.69, 9.17) is 9.40 Å². The predicted molar refractivity (Wildman–Crippen MR) is 115 cm³/mol. The monoisotopic (exact) mass is 387 g/mol. The molecule has 0 fully saturated rings. The molecular weight excluding hydrogens is 374 g/mol. The molecule has 3 aromatic carbocycles. The zero-order chi connectivity index (χ0) is 19.8. The van der Waals surface area contributed by atoms with Crippen LogP contribution in [0.4, 0.5) is 0 Å². The van der Waals surface area contributed by atoms with Crippen LogP contribution in [0.5, 0.6) is 0 Å². The summed E-state index contributed by atoms with van der Waals surface area (Å²) in [6.07, 6.45) is 1.89. The number of hydrogen-bond acceptors (Lipinski definition) is 4. The first kappa shape index (κ1) is 15.6. The first-order chi connectivity index (χ1) is 14.8. The van der Waals surface area contributed by atoms with Gasteiger partial charge in [-0.3, -0.25) is 9.20 Å². The SMILES string of the molecule is O=C1c2cccc3c(-c4nc5ccccc5o4)ccc(c23)-c2nc3ccccn3c21. The Morgan fingerprint density at radius 2 is 1.63 bits per heavy atom. The van der Waals surface area contributed by atoms with Crippen LogP contribution in [0.2, 0.25) is 0 Å². The van der Waals surface area contributed by atoms with E-state index in [1.165, 1.54) is 0 Å². The smallest absolute Gasteiger partial charge is 0.227 e. The predicted octanol–water partition coefficient (Wildman–Crippen LogP) is 5.51. The van der Waals surface area contributed by atoms with Crippen molar-refractivity contribution in [3.8, 4) is 22.7 Å². The number of nitrogens with zero attached hydrogens (tertiary/aromatic N) is 3. The topological polar surface area (TPSA) is 60.4 Å². The van der Waals surface area contributed by atoms with Gasteiger partial charge in [0.25, 0.3) is 0 Å². The third kappa shape index (κ3) is 1.89. The molecule has 0 N–H and O–H groups in total. The molecule has 0 spiro atoms. The number of ketones is 1. The van der Waals surface area contributed by atoms with E-state index >= 15 is 0 Å². The number of benzene rings is 3. The highest BCUT2D eigenvalue weighted by molar-refractivity contribution is 6.26. The van der Waals surface area contributed by atoms with Crippen molar-refractivity contribution in [2.45, 2.75) is 0 Å². The molecule has 0 saturated heterocycles. The maximum atomic E-state index is 13.5. The molecule has 0 unspecified atom stereocenters. The molecule has 5 heteroatoms. The summed E-state index contributed by atoms with van der Waals surface area (Å²) in [7, 11) is 0. The Bertz CT molecular complexity index is 1640. The molecule has 0 amide bonds. The van der Waals surface area contributed by atoms with Gasteiger partial charge in [0.2, 0.25) is 11.7 Å². The van der Waals surface area contributed by atoms with Gasteiger partial charge in [-0.1, -0.05) is 42.5 Å². The van der Waals surface area contributed by atoms with E-state index in [1.807, 2.05) is 83.4 Å². The van der Waals surface area contributed by atoms with Crippen LogP contribution in [0.15, 0.2) is 83.4 Å². The molecule has 5 nitrogen and oxygen atoms in total. The van der Waals surface area contributed by atoms with E-state index in [0.717, 1.165) is 44.3 Å². The normalized spacial score (nSPS) is 12.7. The van der Waals surface area contributed by atoms with E-state index in [-0.39, 0.29) is 5.78 Å². The average molecular weight is 387 g/mol. The molecule has 3 aromatic heterocycles. The summed E-state index contributed by atoms with van der Waals surface area (Å²) < 4.78 is 7.89. The van der Waals surface area contributed by atoms with Gasteiger partial charge in [-0.15, -0.1) is 0 Å². The van der Waals surface area contributed by atoms with Crippen molar-refractivity contribution < 1.29 is 9.21 Å². The number of hydrogen-bond donors (Lipinski definition) is 0. The third-order valence-corrected chi connectivity index (χ3v) is 5.81. The van der Waals surface area contributed by atoms with Crippen LogP contribution in [0.25, 0.3) is 50.2 Å². The molecule has 1 aliphatic carbocycles. The zero-order valence-corrected chi connectivity index (χ0v) is 15.7. The summed E-state index contributed by atoms with van der Waals surface area (Å²) in [5.41, 5.74) is 6.15. The summed E-state index contributed by atoms with van der Waals surface area (Å²) in [5, 5.41) is 1.84. The lowest BCUT2D eigenvalue weighted by molar-refractivity contribution is 0.103. The number of fused-ring (bicyclic) bond motifs is 5. The Hall–Kier alpha value is -4.25. The highest BCUT2D eigenvalue weighted by Gasteiger charge is 2.30. The molecule has 0 aliphatic heterocycles. The Labute approximate surface area is 170 Å². The van der Waals surface area contributed by atoms with Gasteiger partial charge < -0.3 is 4.42 Å². The molecule has 7 rings (SSSR count). The molecule has 30 heavy (non-hydrogen) atoms. The second kappa shape index (κ2) is 5.42. The second-order valence-corrected chi connectivity index (χ2v) is 7.44. The Kier molecular flexibility index (Phi) is 2.83. The fourth-order valence-electron chi connectivity index (χ4n) is 4.50. The van der Waals surface area contributed by atoms with Gasteiger partial charge in [-0.05, 0) is 35.7 Å². The molecule has 3 heterocycles. The van der Waals surface area contributed by atoms with Gasteiger partial charge in [0.1, 0.15) is 22.6 Å². The van der Waals surface area contributed by atoms with Crippen molar-refractivity contribution in [1.29, 1.82) is 0 Å². The lowest BCUT2D eigenvalue weighted by Crippen LogP contribution is -2.12. The van der Waals surface area contributed by atoms with Crippen LogP contribution in [0.3, 0.4) is 0 Å². The van der Waals surface area contributed by atoms with E-state index in [0.29, 0.717) is 17.1 Å². The molecule has 140 valence electrons. The van der Waals surface area contributed by atoms with Crippen molar-refractivity contribution >= 4 is 33.3 Å². The minimum atomic E-state index is -0.0171. The van der Waals surface area contributed by atoms with Crippen molar-refractivity contribution in [3.05, 3.63) is 90.3 Å². The first-order valence-electron chi connectivity index (χ1n) is 9.73. The summed E-state index contributed by atoms with van der Waals surface area (Å²) in [6, 6.07) is 23.3. The van der Waals surface area contributed by atoms with Gasteiger partial charge in [0.05, 0.1) is 0 Å². The number of rotatable bonds is 1. The summed E-state index contributed by atoms with van der Waals surface area (Å²) >= 11 is 0. The van der Waals surface area contributed by atoms with E-state index in [2.05, 4.69) is 4.98 Å². The van der Waals surface area contributed by atoms with Crippen LogP contribution in [-0.4, -0.2) is 20.2 Å². The average Bonchev–Trinajstić information content (AvgIpc) is 3.39.